The average Bonchev–Trinajstić information content (AvgIpc) is 3.45. The zero-order chi connectivity index (χ0) is 37.7. The first-order valence-corrected chi connectivity index (χ1v) is 16.8. The number of allylic oxidation sites excluding steroid dienone is 2. The van der Waals surface area contributed by atoms with Crippen molar-refractivity contribution >= 4 is 75.3 Å². The molecule has 17 heteroatoms. The van der Waals surface area contributed by atoms with Crippen molar-refractivity contribution < 1.29 is 38.5 Å². The standard InChI is InChI=1S/C35H28Cl2FN5O9/c1-35-22(32(46)41(34(35)48)15-4-9-25(38)24(37)10-15)14-21-18(29(35)19-6-5-17(44)13-23(19)36)7-8-20-28(21)33(47)40(31(20)45)16-11-26(42(49)50)30(39(2)3)27(12-16)43(51)52/h4-7,9-13,20-22,28-29,44H,8,14H2,1-3H3/t20-,21+,22-,28-,29+,35+/m0/s1. The molecule has 52 heavy (non-hydrogen) atoms. The minimum absolute atomic E-state index is 0.00388. The molecule has 3 aromatic rings. The summed E-state index contributed by atoms with van der Waals surface area (Å²) in [4.78, 5) is 82.8. The van der Waals surface area contributed by atoms with E-state index < -0.39 is 85.7 Å². The summed E-state index contributed by atoms with van der Waals surface area (Å²) in [6, 6.07) is 9.52. The first-order chi connectivity index (χ1) is 24.5. The first kappa shape index (κ1) is 35.0. The van der Waals surface area contributed by atoms with Crippen molar-refractivity contribution in [2.24, 2.45) is 29.1 Å². The Hall–Kier alpha value is -5.41. The summed E-state index contributed by atoms with van der Waals surface area (Å²) in [5.41, 5.74) is -2.59. The largest absolute Gasteiger partial charge is 0.508 e. The van der Waals surface area contributed by atoms with Gasteiger partial charge in [-0.3, -0.25) is 39.4 Å². The van der Waals surface area contributed by atoms with E-state index in [1.54, 1.807) is 13.0 Å². The molecule has 268 valence electrons. The summed E-state index contributed by atoms with van der Waals surface area (Å²) in [7, 11) is 2.77. The number of hydrogen-bond acceptors (Lipinski definition) is 10. The van der Waals surface area contributed by atoms with Crippen LogP contribution in [0.5, 0.6) is 5.75 Å². The predicted molar refractivity (Wildman–Crippen MR) is 186 cm³/mol. The normalized spacial score (nSPS) is 26.6. The van der Waals surface area contributed by atoms with Crippen LogP contribution in [0.3, 0.4) is 0 Å². The van der Waals surface area contributed by atoms with Crippen molar-refractivity contribution in [2.75, 3.05) is 28.8 Å². The maximum atomic E-state index is 14.5. The molecule has 0 radical (unpaired) electrons. The summed E-state index contributed by atoms with van der Waals surface area (Å²) in [5.74, 6) is -8.65. The van der Waals surface area contributed by atoms with Crippen molar-refractivity contribution in [3.63, 3.8) is 0 Å². The molecule has 0 spiro atoms. The highest BCUT2D eigenvalue weighted by Crippen LogP contribution is 2.64. The summed E-state index contributed by atoms with van der Waals surface area (Å²) in [6.45, 7) is 1.61. The number of phenolic OH excluding ortho intramolecular Hbond substituents is 1. The number of nitro benzene ring substituents is 2. The number of hydrogen-bond donors (Lipinski definition) is 1. The number of nitrogens with zero attached hydrogens (tertiary/aromatic N) is 5. The second kappa shape index (κ2) is 12.1. The van der Waals surface area contributed by atoms with E-state index in [0.29, 0.717) is 11.1 Å². The number of aromatic hydroxyl groups is 1. The highest BCUT2D eigenvalue weighted by molar-refractivity contribution is 6.32. The minimum atomic E-state index is -1.51. The SMILES string of the molecule is CN(C)c1c([N+](=O)[O-])cc(N2C(=O)[C@H]3[C@H](CC=C4[C@H]3C[C@H]3C(=O)N(c5ccc(F)c(Cl)c5)C(=O)[C@@]3(C)[C@H]4c3ccc(O)cc3Cl)C2=O)cc1[N+](=O)[O-]. The molecule has 1 N–H and O–H groups in total. The minimum Gasteiger partial charge on any atom is -0.508 e. The van der Waals surface area contributed by atoms with E-state index in [9.17, 15) is 48.9 Å². The molecule has 1 saturated carbocycles. The fourth-order valence-electron chi connectivity index (χ4n) is 8.69. The first-order valence-electron chi connectivity index (χ1n) is 16.0. The summed E-state index contributed by atoms with van der Waals surface area (Å²) < 4.78 is 14.1. The molecule has 2 heterocycles. The van der Waals surface area contributed by atoms with Gasteiger partial charge in [0.25, 0.3) is 0 Å². The maximum absolute atomic E-state index is 14.5. The molecule has 3 aromatic carbocycles. The predicted octanol–water partition coefficient (Wildman–Crippen LogP) is 6.16. The fourth-order valence-corrected chi connectivity index (χ4v) is 9.15. The van der Waals surface area contributed by atoms with Crippen LogP contribution < -0.4 is 14.7 Å². The van der Waals surface area contributed by atoms with Crippen LogP contribution in [0.1, 0.15) is 31.2 Å². The van der Waals surface area contributed by atoms with Gasteiger partial charge in [-0.1, -0.05) is 40.9 Å². The Kier molecular flexibility index (Phi) is 8.14. The number of anilines is 3. The van der Waals surface area contributed by atoms with E-state index in [1.807, 2.05) is 0 Å². The molecule has 2 aliphatic heterocycles. The van der Waals surface area contributed by atoms with Gasteiger partial charge in [0.2, 0.25) is 23.6 Å². The Bertz CT molecular complexity index is 2180. The van der Waals surface area contributed by atoms with Gasteiger partial charge in [-0.2, -0.15) is 0 Å². The summed E-state index contributed by atoms with van der Waals surface area (Å²) >= 11 is 12.7. The molecule has 2 saturated heterocycles. The van der Waals surface area contributed by atoms with E-state index in [0.717, 1.165) is 34.1 Å². The highest BCUT2D eigenvalue weighted by atomic mass is 35.5. The third-order valence-electron chi connectivity index (χ3n) is 10.9. The van der Waals surface area contributed by atoms with Gasteiger partial charge in [0.05, 0.1) is 49.4 Å². The van der Waals surface area contributed by atoms with Crippen LogP contribution in [-0.2, 0) is 19.2 Å². The van der Waals surface area contributed by atoms with Gasteiger partial charge in [-0.25, -0.2) is 14.2 Å². The Morgan fingerprint density at radius 2 is 1.52 bits per heavy atom. The lowest BCUT2D eigenvalue weighted by atomic mass is 9.51. The quantitative estimate of drug-likeness (QED) is 0.132. The Balaban J connectivity index is 1.37. The molecule has 0 unspecified atom stereocenters. The van der Waals surface area contributed by atoms with Crippen LogP contribution in [0.4, 0.5) is 32.8 Å². The van der Waals surface area contributed by atoms with Crippen molar-refractivity contribution in [1.82, 2.24) is 0 Å². The molecule has 4 amide bonds. The van der Waals surface area contributed by atoms with Gasteiger partial charge >= 0.3 is 11.4 Å². The maximum Gasteiger partial charge on any atom is 0.301 e. The van der Waals surface area contributed by atoms with Gasteiger partial charge in [-0.05, 0) is 61.6 Å². The Morgan fingerprint density at radius 3 is 2.10 bits per heavy atom. The molecule has 14 nitrogen and oxygen atoms in total. The van der Waals surface area contributed by atoms with Crippen molar-refractivity contribution in [1.29, 1.82) is 0 Å². The lowest BCUT2D eigenvalue weighted by Crippen LogP contribution is -2.49. The molecular weight excluding hydrogens is 724 g/mol. The van der Waals surface area contributed by atoms with Gasteiger partial charge in [-0.15, -0.1) is 0 Å². The number of carbonyl (C=O) groups excluding carboxylic acids is 4. The molecule has 0 aromatic heterocycles. The van der Waals surface area contributed by atoms with E-state index >= 15 is 0 Å². The van der Waals surface area contributed by atoms with Crippen LogP contribution in [0.15, 0.2) is 60.2 Å². The summed E-state index contributed by atoms with van der Waals surface area (Å²) in [6.07, 6.45) is 1.67. The lowest BCUT2D eigenvalue weighted by molar-refractivity contribution is -0.392. The van der Waals surface area contributed by atoms with Gasteiger partial charge in [0, 0.05) is 37.2 Å². The van der Waals surface area contributed by atoms with E-state index in [1.165, 1.54) is 43.3 Å². The number of benzene rings is 3. The monoisotopic (exact) mass is 751 g/mol. The van der Waals surface area contributed by atoms with E-state index in [2.05, 4.69) is 0 Å². The number of phenols is 1. The zero-order valence-corrected chi connectivity index (χ0v) is 29.1. The van der Waals surface area contributed by atoms with Gasteiger partial charge in [0.15, 0.2) is 5.69 Å². The van der Waals surface area contributed by atoms with Crippen LogP contribution in [0.2, 0.25) is 10.0 Å². The Labute approximate surface area is 304 Å². The topological polar surface area (TPSA) is 185 Å². The number of fused-ring (bicyclic) bond motifs is 4. The molecule has 7 rings (SSSR count). The smallest absolute Gasteiger partial charge is 0.301 e. The number of amides is 4. The number of nitro groups is 2. The van der Waals surface area contributed by atoms with Gasteiger partial charge in [0.1, 0.15) is 11.6 Å². The summed E-state index contributed by atoms with van der Waals surface area (Å²) in [5, 5.41) is 34.1. The highest BCUT2D eigenvalue weighted by Gasteiger charge is 2.68. The molecule has 2 aliphatic carbocycles. The molecule has 3 fully saturated rings. The fraction of sp³-hybridized carbons (Fsp3) is 0.314. The average molecular weight is 753 g/mol. The van der Waals surface area contributed by atoms with Gasteiger partial charge < -0.3 is 10.0 Å². The lowest BCUT2D eigenvalue weighted by Gasteiger charge is -2.49. The second-order valence-corrected chi connectivity index (χ2v) is 14.5. The van der Waals surface area contributed by atoms with Crippen LogP contribution >= 0.6 is 23.2 Å². The van der Waals surface area contributed by atoms with Crippen LogP contribution in [-0.4, -0.2) is 52.7 Å². The number of halogens is 3. The number of carbonyl (C=O) groups is 4. The van der Waals surface area contributed by atoms with Crippen molar-refractivity contribution in [3.8, 4) is 5.75 Å². The number of rotatable bonds is 6. The molecule has 0 bridgehead atoms. The molecule has 6 atom stereocenters. The zero-order valence-electron chi connectivity index (χ0n) is 27.6. The third-order valence-corrected chi connectivity index (χ3v) is 11.5. The molecular formula is C35H28Cl2FN5O9. The van der Waals surface area contributed by atoms with Crippen LogP contribution in [0, 0.1) is 55.1 Å². The second-order valence-electron chi connectivity index (χ2n) is 13.7. The van der Waals surface area contributed by atoms with Crippen molar-refractivity contribution in [2.45, 2.75) is 25.7 Å². The van der Waals surface area contributed by atoms with Crippen molar-refractivity contribution in [3.05, 3.63) is 102 Å². The Morgan fingerprint density at radius 1 is 0.865 bits per heavy atom. The molecule has 4 aliphatic rings. The van der Waals surface area contributed by atoms with E-state index in [4.69, 9.17) is 23.2 Å². The third kappa shape index (κ3) is 4.89. The van der Waals surface area contributed by atoms with Crippen LogP contribution in [0.25, 0.3) is 0 Å². The van der Waals surface area contributed by atoms with E-state index in [-0.39, 0.29) is 45.7 Å². The number of imide groups is 2.